The number of rotatable bonds is 2. The number of amides is 1. The first kappa shape index (κ1) is 12.2. The maximum Gasteiger partial charge on any atom is 0.573 e. The molecule has 6 heteroatoms. The Labute approximate surface area is 100.0 Å². The lowest BCUT2D eigenvalue weighted by atomic mass is 10.1. The van der Waals surface area contributed by atoms with Crippen LogP contribution in [0, 0.1) is 0 Å². The average Bonchev–Trinajstić information content (AvgIpc) is 2.27. The number of benzene rings is 2. The molecule has 0 fully saturated rings. The minimum Gasteiger partial charge on any atom is -0.404 e. The molecule has 0 bridgehead atoms. The number of carbonyl (C=O) groups excluding carboxylic acids is 1. The van der Waals surface area contributed by atoms with Crippen LogP contribution >= 0.6 is 0 Å². The van der Waals surface area contributed by atoms with Crippen LogP contribution in [-0.2, 0) is 0 Å². The zero-order chi connectivity index (χ0) is 13.3. The topological polar surface area (TPSA) is 52.3 Å². The van der Waals surface area contributed by atoms with E-state index in [-0.39, 0.29) is 10.9 Å². The van der Waals surface area contributed by atoms with Gasteiger partial charge in [-0.05, 0) is 11.5 Å². The van der Waals surface area contributed by atoms with E-state index in [0.717, 1.165) is 0 Å². The van der Waals surface area contributed by atoms with Crippen molar-refractivity contribution in [2.75, 3.05) is 0 Å². The summed E-state index contributed by atoms with van der Waals surface area (Å²) in [5.74, 6) is -1.53. The summed E-state index contributed by atoms with van der Waals surface area (Å²) in [4.78, 5) is 11.1. The standard InChI is InChI=1S/C12H8F3NO2/c13-12(14,15)18-10-8-4-2-1-3-7(8)5-6-9(10)11(16)17/h1-6H,(H2,16,17). The molecule has 0 radical (unpaired) electrons. The Morgan fingerprint density at radius 2 is 1.78 bits per heavy atom. The van der Waals surface area contributed by atoms with E-state index in [0.29, 0.717) is 5.39 Å². The normalized spacial score (nSPS) is 11.5. The first-order valence-corrected chi connectivity index (χ1v) is 4.96. The number of nitrogens with two attached hydrogens (primary N) is 1. The maximum atomic E-state index is 12.3. The lowest BCUT2D eigenvalue weighted by Gasteiger charge is -2.14. The Morgan fingerprint density at radius 3 is 2.39 bits per heavy atom. The molecule has 2 aromatic carbocycles. The molecule has 18 heavy (non-hydrogen) atoms. The van der Waals surface area contributed by atoms with Gasteiger partial charge in [-0.15, -0.1) is 13.2 Å². The summed E-state index contributed by atoms with van der Waals surface area (Å²) < 4.78 is 40.9. The largest absolute Gasteiger partial charge is 0.573 e. The van der Waals surface area contributed by atoms with Gasteiger partial charge in [0.1, 0.15) is 5.75 Å². The van der Waals surface area contributed by atoms with Crippen molar-refractivity contribution < 1.29 is 22.7 Å². The third kappa shape index (κ3) is 2.37. The van der Waals surface area contributed by atoms with Crippen LogP contribution in [0.2, 0.25) is 0 Å². The molecule has 2 N–H and O–H groups in total. The average molecular weight is 255 g/mol. The zero-order valence-corrected chi connectivity index (χ0v) is 8.99. The van der Waals surface area contributed by atoms with E-state index in [2.05, 4.69) is 4.74 Å². The summed E-state index contributed by atoms with van der Waals surface area (Å²) in [5, 5.41) is 0.716. The van der Waals surface area contributed by atoms with Crippen molar-refractivity contribution in [3.8, 4) is 5.75 Å². The summed E-state index contributed by atoms with van der Waals surface area (Å²) in [5.41, 5.74) is 4.74. The van der Waals surface area contributed by atoms with Gasteiger partial charge >= 0.3 is 6.36 Å². The monoisotopic (exact) mass is 255 g/mol. The van der Waals surface area contributed by atoms with Crippen LogP contribution in [0.25, 0.3) is 10.8 Å². The number of ether oxygens (including phenoxy) is 1. The molecule has 2 rings (SSSR count). The van der Waals surface area contributed by atoms with Crippen molar-refractivity contribution in [3.63, 3.8) is 0 Å². The van der Waals surface area contributed by atoms with Gasteiger partial charge in [0.25, 0.3) is 5.91 Å². The fourth-order valence-electron chi connectivity index (χ4n) is 1.66. The first-order chi connectivity index (χ1) is 8.38. The second-order valence-corrected chi connectivity index (χ2v) is 3.58. The third-order valence-corrected chi connectivity index (χ3v) is 2.36. The number of carbonyl (C=O) groups is 1. The lowest BCUT2D eigenvalue weighted by molar-refractivity contribution is -0.274. The Balaban J connectivity index is 2.70. The van der Waals surface area contributed by atoms with Crippen LogP contribution in [0.5, 0.6) is 5.75 Å². The molecule has 2 aromatic rings. The Morgan fingerprint density at radius 1 is 1.11 bits per heavy atom. The van der Waals surface area contributed by atoms with E-state index < -0.39 is 18.0 Å². The quantitative estimate of drug-likeness (QED) is 0.897. The molecule has 94 valence electrons. The van der Waals surface area contributed by atoms with Gasteiger partial charge < -0.3 is 10.5 Å². The Kier molecular flexibility index (Phi) is 2.86. The van der Waals surface area contributed by atoms with Gasteiger partial charge in [0.2, 0.25) is 0 Å². The number of alkyl halides is 3. The van der Waals surface area contributed by atoms with Gasteiger partial charge in [-0.25, -0.2) is 0 Å². The van der Waals surface area contributed by atoms with Crippen LogP contribution in [0.1, 0.15) is 10.4 Å². The number of hydrogen-bond acceptors (Lipinski definition) is 2. The number of primary amides is 1. The predicted molar refractivity (Wildman–Crippen MR) is 59.1 cm³/mol. The lowest BCUT2D eigenvalue weighted by Crippen LogP contribution is -2.21. The summed E-state index contributed by atoms with van der Waals surface area (Å²) >= 11 is 0. The number of halogens is 3. The van der Waals surface area contributed by atoms with E-state index in [1.807, 2.05) is 0 Å². The molecule has 0 atom stereocenters. The maximum absolute atomic E-state index is 12.3. The van der Waals surface area contributed by atoms with Crippen LogP contribution in [0.15, 0.2) is 36.4 Å². The second kappa shape index (κ2) is 4.21. The highest BCUT2D eigenvalue weighted by molar-refractivity contribution is 6.03. The molecule has 1 amide bonds. The van der Waals surface area contributed by atoms with Crippen molar-refractivity contribution in [1.82, 2.24) is 0 Å². The van der Waals surface area contributed by atoms with Crippen molar-refractivity contribution in [2.45, 2.75) is 6.36 Å². The summed E-state index contributed by atoms with van der Waals surface area (Å²) in [7, 11) is 0. The minimum absolute atomic E-state index is 0.186. The first-order valence-electron chi connectivity index (χ1n) is 4.96. The van der Waals surface area contributed by atoms with E-state index in [4.69, 9.17) is 5.73 Å². The van der Waals surface area contributed by atoms with Gasteiger partial charge in [0.15, 0.2) is 0 Å². The van der Waals surface area contributed by atoms with E-state index in [1.165, 1.54) is 18.2 Å². The molecule has 0 aliphatic heterocycles. The fourth-order valence-corrected chi connectivity index (χ4v) is 1.66. The molecule has 0 spiro atoms. The molecule has 0 heterocycles. The Bertz CT molecular complexity index is 608. The van der Waals surface area contributed by atoms with Gasteiger partial charge in [-0.2, -0.15) is 0 Å². The van der Waals surface area contributed by atoms with E-state index in [1.54, 1.807) is 18.2 Å². The summed E-state index contributed by atoms with van der Waals surface area (Å²) in [6, 6.07) is 9.00. The SMILES string of the molecule is NC(=O)c1ccc2ccccc2c1OC(F)(F)F. The molecule has 0 saturated heterocycles. The molecule has 0 aliphatic carbocycles. The summed E-state index contributed by atoms with van der Waals surface area (Å²) in [6.07, 6.45) is -4.88. The minimum atomic E-state index is -4.88. The molecule has 3 nitrogen and oxygen atoms in total. The fraction of sp³-hybridized carbons (Fsp3) is 0.0833. The van der Waals surface area contributed by atoms with Crippen molar-refractivity contribution in [1.29, 1.82) is 0 Å². The van der Waals surface area contributed by atoms with Crippen LogP contribution < -0.4 is 10.5 Å². The molecular weight excluding hydrogens is 247 g/mol. The van der Waals surface area contributed by atoms with Gasteiger partial charge in [-0.1, -0.05) is 30.3 Å². The van der Waals surface area contributed by atoms with Crippen LogP contribution in [-0.4, -0.2) is 12.3 Å². The highest BCUT2D eigenvalue weighted by Crippen LogP contribution is 2.33. The van der Waals surface area contributed by atoms with Crippen molar-refractivity contribution >= 4 is 16.7 Å². The van der Waals surface area contributed by atoms with Gasteiger partial charge in [0, 0.05) is 5.39 Å². The molecule has 0 aromatic heterocycles. The van der Waals surface area contributed by atoms with E-state index >= 15 is 0 Å². The predicted octanol–water partition coefficient (Wildman–Crippen LogP) is 2.84. The molecule has 0 saturated carbocycles. The Hall–Kier alpha value is -2.24. The van der Waals surface area contributed by atoms with Crippen LogP contribution in [0.4, 0.5) is 13.2 Å². The third-order valence-electron chi connectivity index (χ3n) is 2.36. The molecular formula is C12H8F3NO2. The number of hydrogen-bond donors (Lipinski definition) is 1. The van der Waals surface area contributed by atoms with Gasteiger partial charge in [0.05, 0.1) is 5.56 Å². The van der Waals surface area contributed by atoms with Gasteiger partial charge in [-0.3, -0.25) is 4.79 Å². The molecule has 0 aliphatic rings. The van der Waals surface area contributed by atoms with Crippen molar-refractivity contribution in [3.05, 3.63) is 42.0 Å². The van der Waals surface area contributed by atoms with Crippen LogP contribution in [0.3, 0.4) is 0 Å². The number of fused-ring (bicyclic) bond motifs is 1. The highest BCUT2D eigenvalue weighted by atomic mass is 19.4. The van der Waals surface area contributed by atoms with Crippen molar-refractivity contribution in [2.24, 2.45) is 5.73 Å². The molecule has 0 unspecified atom stereocenters. The smallest absolute Gasteiger partial charge is 0.404 e. The second-order valence-electron chi connectivity index (χ2n) is 3.58. The summed E-state index contributed by atoms with van der Waals surface area (Å²) in [6.45, 7) is 0. The van der Waals surface area contributed by atoms with E-state index in [9.17, 15) is 18.0 Å². The zero-order valence-electron chi connectivity index (χ0n) is 8.99. The highest BCUT2D eigenvalue weighted by Gasteiger charge is 2.33.